The number of nitrogens with zero attached hydrogens (tertiary/aromatic N) is 5. The van der Waals surface area contributed by atoms with Crippen LogP contribution >= 0.6 is 0 Å². The van der Waals surface area contributed by atoms with E-state index in [1.165, 1.54) is 0 Å². The Morgan fingerprint density at radius 2 is 2.44 bits per heavy atom. The smallest absolute Gasteiger partial charge is 0.0955 e. The zero-order valence-corrected chi connectivity index (χ0v) is 8.78. The lowest BCUT2D eigenvalue weighted by molar-refractivity contribution is 0.187. The molecule has 1 heterocycles. The van der Waals surface area contributed by atoms with Crippen LogP contribution in [0.2, 0.25) is 0 Å². The monoisotopic (exact) mass is 217 g/mol. The highest BCUT2D eigenvalue weighted by molar-refractivity contribution is 5.76. The highest BCUT2D eigenvalue weighted by Gasteiger charge is 2.08. The summed E-state index contributed by atoms with van der Waals surface area (Å²) in [6, 6.07) is 5.49. The maximum absolute atomic E-state index is 9.72. The molecule has 1 N–H and O–H groups in total. The maximum atomic E-state index is 9.72. The summed E-state index contributed by atoms with van der Waals surface area (Å²) in [7, 11) is 1.91. The van der Waals surface area contributed by atoms with Crippen molar-refractivity contribution >= 4 is 11.0 Å². The number of imidazole rings is 1. The van der Waals surface area contributed by atoms with Crippen LogP contribution in [0, 0.1) is 0 Å². The summed E-state index contributed by atoms with van der Waals surface area (Å²) in [5.74, 6) is 0. The van der Waals surface area contributed by atoms with Crippen LogP contribution < -0.4 is 0 Å². The first-order valence-corrected chi connectivity index (χ1v) is 4.82. The van der Waals surface area contributed by atoms with Gasteiger partial charge in [0.1, 0.15) is 0 Å². The maximum Gasteiger partial charge on any atom is 0.0955 e. The minimum atomic E-state index is -0.776. The normalized spacial score (nSPS) is 12.4. The molecule has 82 valence electrons. The molecule has 0 aliphatic carbocycles. The first kappa shape index (κ1) is 10.5. The van der Waals surface area contributed by atoms with E-state index in [9.17, 15) is 5.11 Å². The van der Waals surface area contributed by atoms with E-state index in [1.54, 1.807) is 12.4 Å². The standard InChI is InChI=1S/C10H11N5O/c1-15-6-12-8-4-7(2-3-9(8)15)10(16)5-13-14-11/h2-4,6,10,16H,5H2,1H3. The van der Waals surface area contributed by atoms with Crippen molar-refractivity contribution in [3.63, 3.8) is 0 Å². The van der Waals surface area contributed by atoms with Crippen LogP contribution in [-0.2, 0) is 7.05 Å². The second-order valence-electron chi connectivity index (χ2n) is 3.53. The van der Waals surface area contributed by atoms with Gasteiger partial charge in [-0.25, -0.2) is 4.98 Å². The average molecular weight is 217 g/mol. The van der Waals surface area contributed by atoms with Crippen LogP contribution in [-0.4, -0.2) is 21.2 Å². The van der Waals surface area contributed by atoms with Gasteiger partial charge in [0, 0.05) is 12.0 Å². The van der Waals surface area contributed by atoms with Crippen LogP contribution in [0.4, 0.5) is 0 Å². The molecule has 6 nitrogen and oxygen atoms in total. The number of aromatic nitrogens is 2. The van der Waals surface area contributed by atoms with Gasteiger partial charge in [0.05, 0.1) is 30.0 Å². The Hall–Kier alpha value is -2.04. The molecule has 6 heteroatoms. The predicted molar refractivity (Wildman–Crippen MR) is 59.7 cm³/mol. The SMILES string of the molecule is Cn1cnc2cc(C(O)CN=[N+]=[N-])ccc21. The lowest BCUT2D eigenvalue weighted by Gasteiger charge is -2.07. The van der Waals surface area contributed by atoms with Crippen molar-refractivity contribution in [1.82, 2.24) is 9.55 Å². The van der Waals surface area contributed by atoms with Crippen molar-refractivity contribution in [2.45, 2.75) is 6.10 Å². The van der Waals surface area contributed by atoms with Crippen molar-refractivity contribution in [2.24, 2.45) is 12.2 Å². The van der Waals surface area contributed by atoms with E-state index in [1.807, 2.05) is 23.7 Å². The molecule has 1 aromatic heterocycles. The van der Waals surface area contributed by atoms with Gasteiger partial charge in [-0.1, -0.05) is 11.2 Å². The molecule has 2 rings (SSSR count). The van der Waals surface area contributed by atoms with E-state index in [-0.39, 0.29) is 6.54 Å². The first-order valence-electron chi connectivity index (χ1n) is 4.82. The number of hydrogen-bond acceptors (Lipinski definition) is 3. The Balaban J connectivity index is 2.35. The molecule has 0 saturated heterocycles. The van der Waals surface area contributed by atoms with Crippen molar-refractivity contribution in [1.29, 1.82) is 0 Å². The van der Waals surface area contributed by atoms with Crippen molar-refractivity contribution in [3.8, 4) is 0 Å². The van der Waals surface area contributed by atoms with Crippen molar-refractivity contribution in [2.75, 3.05) is 6.54 Å². The van der Waals surface area contributed by atoms with Crippen LogP contribution in [0.3, 0.4) is 0 Å². The highest BCUT2D eigenvalue weighted by atomic mass is 16.3. The Morgan fingerprint density at radius 3 is 3.19 bits per heavy atom. The lowest BCUT2D eigenvalue weighted by atomic mass is 10.1. The third kappa shape index (κ3) is 1.84. The molecule has 0 aliphatic rings. The van der Waals surface area contributed by atoms with Gasteiger partial charge in [-0.2, -0.15) is 0 Å². The fraction of sp³-hybridized carbons (Fsp3) is 0.300. The summed E-state index contributed by atoms with van der Waals surface area (Å²) in [6.07, 6.45) is 0.941. The number of rotatable bonds is 3. The van der Waals surface area contributed by atoms with Gasteiger partial charge in [-0.3, -0.25) is 0 Å². The van der Waals surface area contributed by atoms with Crippen LogP contribution in [0.1, 0.15) is 11.7 Å². The summed E-state index contributed by atoms with van der Waals surface area (Å²) < 4.78 is 1.90. The van der Waals surface area contributed by atoms with E-state index in [0.29, 0.717) is 5.56 Å². The van der Waals surface area contributed by atoms with Gasteiger partial charge < -0.3 is 9.67 Å². The van der Waals surface area contributed by atoms with E-state index in [4.69, 9.17) is 5.53 Å². The third-order valence-corrected chi connectivity index (χ3v) is 2.45. The molecule has 0 amide bonds. The molecule has 0 bridgehead atoms. The summed E-state index contributed by atoms with van der Waals surface area (Å²) in [6.45, 7) is 0.0365. The van der Waals surface area contributed by atoms with E-state index in [0.717, 1.165) is 11.0 Å². The molecular formula is C10H11N5O. The Labute approximate surface area is 91.8 Å². The van der Waals surface area contributed by atoms with Gasteiger partial charge in [-0.05, 0) is 23.2 Å². The average Bonchev–Trinajstić information content (AvgIpc) is 2.67. The summed E-state index contributed by atoms with van der Waals surface area (Å²) in [5, 5.41) is 13.1. The fourth-order valence-corrected chi connectivity index (χ4v) is 1.58. The minimum absolute atomic E-state index is 0.0365. The number of azide groups is 1. The van der Waals surface area contributed by atoms with Gasteiger partial charge in [0.2, 0.25) is 0 Å². The molecule has 0 radical (unpaired) electrons. The van der Waals surface area contributed by atoms with E-state index >= 15 is 0 Å². The van der Waals surface area contributed by atoms with Crippen LogP contribution in [0.5, 0.6) is 0 Å². The Morgan fingerprint density at radius 1 is 1.62 bits per heavy atom. The molecule has 1 unspecified atom stereocenters. The Bertz CT molecular complexity index is 555. The van der Waals surface area contributed by atoms with Crippen molar-refractivity contribution < 1.29 is 5.11 Å². The molecule has 1 atom stereocenters. The molecule has 1 aromatic carbocycles. The number of hydrogen-bond donors (Lipinski definition) is 1. The number of aliphatic hydroxyl groups excluding tert-OH is 1. The van der Waals surface area contributed by atoms with Gasteiger partial charge in [0.15, 0.2) is 0 Å². The third-order valence-electron chi connectivity index (χ3n) is 2.45. The molecule has 0 aliphatic heterocycles. The zero-order valence-electron chi connectivity index (χ0n) is 8.78. The highest BCUT2D eigenvalue weighted by Crippen LogP contribution is 2.19. The van der Waals surface area contributed by atoms with Crippen LogP contribution in [0.15, 0.2) is 29.6 Å². The summed E-state index contributed by atoms with van der Waals surface area (Å²) >= 11 is 0. The van der Waals surface area contributed by atoms with Gasteiger partial charge in [0.25, 0.3) is 0 Å². The second-order valence-corrected chi connectivity index (χ2v) is 3.53. The number of fused-ring (bicyclic) bond motifs is 1. The summed E-state index contributed by atoms with van der Waals surface area (Å²) in [5.41, 5.74) is 10.7. The zero-order chi connectivity index (χ0) is 11.5. The molecule has 16 heavy (non-hydrogen) atoms. The van der Waals surface area contributed by atoms with Gasteiger partial charge in [-0.15, -0.1) is 0 Å². The molecular weight excluding hydrogens is 206 g/mol. The Kier molecular flexibility index (Phi) is 2.76. The van der Waals surface area contributed by atoms with E-state index in [2.05, 4.69) is 15.0 Å². The number of aliphatic hydroxyl groups is 1. The van der Waals surface area contributed by atoms with Crippen LogP contribution in [0.25, 0.3) is 21.5 Å². The topological polar surface area (TPSA) is 86.8 Å². The molecule has 0 spiro atoms. The molecule has 0 saturated carbocycles. The van der Waals surface area contributed by atoms with E-state index < -0.39 is 6.10 Å². The second kappa shape index (κ2) is 4.22. The first-order chi connectivity index (χ1) is 7.72. The molecule has 2 aromatic rings. The summed E-state index contributed by atoms with van der Waals surface area (Å²) in [4.78, 5) is 6.80. The van der Waals surface area contributed by atoms with Gasteiger partial charge >= 0.3 is 0 Å². The largest absolute Gasteiger partial charge is 0.388 e. The number of aryl methyl sites for hydroxylation is 1. The fourth-order valence-electron chi connectivity index (χ4n) is 1.58. The number of benzene rings is 1. The van der Waals surface area contributed by atoms with Crippen molar-refractivity contribution in [3.05, 3.63) is 40.5 Å². The quantitative estimate of drug-likeness (QED) is 0.483. The minimum Gasteiger partial charge on any atom is -0.388 e. The molecule has 0 fully saturated rings. The lowest BCUT2D eigenvalue weighted by Crippen LogP contribution is -2.00. The predicted octanol–water partition coefficient (Wildman–Crippen LogP) is 1.92.